The molecule has 2 aromatic rings. The number of ether oxygens (including phenoxy) is 1. The number of benzene rings is 1. The van der Waals surface area contributed by atoms with Crippen molar-refractivity contribution in [3.05, 3.63) is 51.7 Å². The van der Waals surface area contributed by atoms with E-state index in [-0.39, 0.29) is 10.7 Å². The Kier molecular flexibility index (Phi) is 4.96. The summed E-state index contributed by atoms with van der Waals surface area (Å²) in [5, 5.41) is 4.57. The van der Waals surface area contributed by atoms with Gasteiger partial charge in [0.2, 0.25) is 0 Å². The second-order valence-electron chi connectivity index (χ2n) is 5.35. The van der Waals surface area contributed by atoms with Crippen LogP contribution in [0.15, 0.2) is 41.3 Å². The average Bonchev–Trinajstić information content (AvgIpc) is 2.98. The highest BCUT2D eigenvalue weighted by Crippen LogP contribution is 2.26. The number of carbonyl (C=O) groups is 2. The topological polar surface area (TPSA) is 58.6 Å². The number of hydrogen-bond acceptors (Lipinski definition) is 5. The first-order chi connectivity index (χ1) is 12.0. The van der Waals surface area contributed by atoms with Crippen molar-refractivity contribution in [2.24, 2.45) is 0 Å². The largest absolute Gasteiger partial charge is 0.494 e. The van der Waals surface area contributed by atoms with E-state index in [0.29, 0.717) is 18.0 Å². The lowest BCUT2D eigenvalue weighted by Gasteiger charge is -2.29. The fraction of sp³-hybridized carbons (Fsp3) is 0.167. The standard InChI is InChI=1S/C18H16N2O3S2/c1-3-23-13-6-4-12(5-7-13)20-17(22)14(16(21)19-18(20)24)10-15-11(2)8-9-25-15/h4-10H,3H2,1-2H3,(H,19,21,24)/b14-10+. The molecule has 2 amide bonds. The Morgan fingerprint density at radius 1 is 1.24 bits per heavy atom. The SMILES string of the molecule is CCOc1ccc(N2C(=O)/C(=C/c3sccc3C)C(=O)NC2=S)cc1. The summed E-state index contributed by atoms with van der Waals surface area (Å²) >= 11 is 6.67. The Hall–Kier alpha value is -2.51. The first-order valence-electron chi connectivity index (χ1n) is 7.69. The maximum absolute atomic E-state index is 12.9. The predicted molar refractivity (Wildman–Crippen MR) is 103 cm³/mol. The summed E-state index contributed by atoms with van der Waals surface area (Å²) in [6, 6.07) is 8.94. The second-order valence-corrected chi connectivity index (χ2v) is 6.69. The third-order valence-electron chi connectivity index (χ3n) is 3.68. The zero-order valence-corrected chi connectivity index (χ0v) is 15.4. The number of carbonyl (C=O) groups excluding carboxylic acids is 2. The van der Waals surface area contributed by atoms with E-state index in [1.165, 1.54) is 16.2 Å². The fourth-order valence-corrected chi connectivity index (χ4v) is 3.55. The van der Waals surface area contributed by atoms with Crippen molar-refractivity contribution >= 4 is 52.2 Å². The van der Waals surface area contributed by atoms with Crippen LogP contribution in [0, 0.1) is 6.92 Å². The normalized spacial score (nSPS) is 16.3. The van der Waals surface area contributed by atoms with E-state index >= 15 is 0 Å². The molecule has 2 heterocycles. The van der Waals surface area contributed by atoms with Crippen molar-refractivity contribution in [2.45, 2.75) is 13.8 Å². The highest BCUT2D eigenvalue weighted by Gasteiger charge is 2.34. The summed E-state index contributed by atoms with van der Waals surface area (Å²) < 4.78 is 5.41. The van der Waals surface area contributed by atoms with Crippen LogP contribution in [0.3, 0.4) is 0 Å². The van der Waals surface area contributed by atoms with E-state index in [9.17, 15) is 9.59 Å². The second kappa shape index (κ2) is 7.16. The zero-order valence-electron chi connectivity index (χ0n) is 13.7. The van der Waals surface area contributed by atoms with Crippen LogP contribution in [-0.4, -0.2) is 23.5 Å². The number of thiophene rings is 1. The molecule has 5 nitrogen and oxygen atoms in total. The van der Waals surface area contributed by atoms with E-state index in [2.05, 4.69) is 5.32 Å². The molecule has 3 rings (SSSR count). The van der Waals surface area contributed by atoms with Crippen molar-refractivity contribution in [3.8, 4) is 5.75 Å². The zero-order chi connectivity index (χ0) is 18.0. The summed E-state index contributed by atoms with van der Waals surface area (Å²) in [7, 11) is 0. The number of nitrogens with zero attached hydrogens (tertiary/aromatic N) is 1. The van der Waals surface area contributed by atoms with E-state index in [1.807, 2.05) is 25.3 Å². The van der Waals surface area contributed by atoms with Crippen molar-refractivity contribution in [2.75, 3.05) is 11.5 Å². The molecule has 1 N–H and O–H groups in total. The van der Waals surface area contributed by atoms with Gasteiger partial charge in [-0.15, -0.1) is 11.3 Å². The molecule has 1 aliphatic rings. The molecule has 1 aromatic heterocycles. The summed E-state index contributed by atoms with van der Waals surface area (Å²) in [5.41, 5.74) is 1.65. The van der Waals surface area contributed by atoms with E-state index < -0.39 is 11.8 Å². The Labute approximate surface area is 154 Å². The van der Waals surface area contributed by atoms with Gasteiger partial charge in [0.15, 0.2) is 5.11 Å². The van der Waals surface area contributed by atoms with Crippen LogP contribution in [0.5, 0.6) is 5.75 Å². The van der Waals surface area contributed by atoms with E-state index in [1.54, 1.807) is 30.3 Å². The predicted octanol–water partition coefficient (Wildman–Crippen LogP) is 3.29. The van der Waals surface area contributed by atoms with Crippen LogP contribution < -0.4 is 15.0 Å². The molecule has 0 saturated carbocycles. The van der Waals surface area contributed by atoms with Crippen LogP contribution in [0.2, 0.25) is 0 Å². The molecule has 0 aliphatic carbocycles. The minimum atomic E-state index is -0.481. The number of rotatable bonds is 4. The molecule has 1 aromatic carbocycles. The number of aryl methyl sites for hydroxylation is 1. The lowest BCUT2D eigenvalue weighted by atomic mass is 10.1. The van der Waals surface area contributed by atoms with Gasteiger partial charge in [-0.25, -0.2) is 0 Å². The Morgan fingerprint density at radius 3 is 2.56 bits per heavy atom. The molecule has 128 valence electrons. The smallest absolute Gasteiger partial charge is 0.270 e. The van der Waals surface area contributed by atoms with Gasteiger partial charge in [0.1, 0.15) is 11.3 Å². The molecule has 25 heavy (non-hydrogen) atoms. The van der Waals surface area contributed by atoms with Gasteiger partial charge in [-0.1, -0.05) is 0 Å². The maximum Gasteiger partial charge on any atom is 0.270 e. The number of nitrogens with one attached hydrogen (secondary N) is 1. The highest BCUT2D eigenvalue weighted by molar-refractivity contribution is 7.80. The molecular formula is C18H16N2O3S2. The van der Waals surface area contributed by atoms with Crippen molar-refractivity contribution in [1.82, 2.24) is 5.32 Å². The molecule has 0 bridgehead atoms. The van der Waals surface area contributed by atoms with Crippen LogP contribution in [0.25, 0.3) is 6.08 Å². The number of hydrogen-bond donors (Lipinski definition) is 1. The third-order valence-corrected chi connectivity index (χ3v) is 4.94. The highest BCUT2D eigenvalue weighted by atomic mass is 32.1. The summed E-state index contributed by atoms with van der Waals surface area (Å²) in [5.74, 6) is -0.216. The van der Waals surface area contributed by atoms with Crippen molar-refractivity contribution in [3.63, 3.8) is 0 Å². The molecule has 1 fully saturated rings. The number of thiocarbonyl (C=S) groups is 1. The minimum absolute atomic E-state index is 0.0630. The lowest BCUT2D eigenvalue weighted by Crippen LogP contribution is -2.54. The van der Waals surface area contributed by atoms with Gasteiger partial charge in [0.25, 0.3) is 11.8 Å². The van der Waals surface area contributed by atoms with Crippen LogP contribution in [-0.2, 0) is 9.59 Å². The van der Waals surface area contributed by atoms with Crippen LogP contribution in [0.4, 0.5) is 5.69 Å². The Bertz CT molecular complexity index is 869. The summed E-state index contributed by atoms with van der Waals surface area (Å²) in [6.45, 7) is 4.39. The Balaban J connectivity index is 1.95. The van der Waals surface area contributed by atoms with Gasteiger partial charge in [0.05, 0.1) is 12.3 Å². The third kappa shape index (κ3) is 3.47. The van der Waals surface area contributed by atoms with Gasteiger partial charge in [0, 0.05) is 4.88 Å². The monoisotopic (exact) mass is 372 g/mol. The molecule has 0 spiro atoms. The van der Waals surface area contributed by atoms with Gasteiger partial charge in [-0.3, -0.25) is 19.8 Å². The number of anilines is 1. The van der Waals surface area contributed by atoms with Crippen molar-refractivity contribution < 1.29 is 14.3 Å². The fourth-order valence-electron chi connectivity index (χ4n) is 2.41. The molecule has 0 unspecified atom stereocenters. The molecular weight excluding hydrogens is 356 g/mol. The average molecular weight is 372 g/mol. The maximum atomic E-state index is 12.9. The van der Waals surface area contributed by atoms with Gasteiger partial charge >= 0.3 is 0 Å². The van der Waals surface area contributed by atoms with Crippen LogP contribution in [0.1, 0.15) is 17.4 Å². The quantitative estimate of drug-likeness (QED) is 0.508. The minimum Gasteiger partial charge on any atom is -0.494 e. The number of amides is 2. The summed E-state index contributed by atoms with van der Waals surface area (Å²) in [4.78, 5) is 27.3. The van der Waals surface area contributed by atoms with Gasteiger partial charge in [-0.05, 0) is 73.4 Å². The van der Waals surface area contributed by atoms with Crippen LogP contribution >= 0.6 is 23.6 Å². The molecule has 0 radical (unpaired) electrons. The lowest BCUT2D eigenvalue weighted by molar-refractivity contribution is -0.122. The van der Waals surface area contributed by atoms with E-state index in [4.69, 9.17) is 17.0 Å². The Morgan fingerprint density at radius 2 is 1.96 bits per heavy atom. The molecule has 7 heteroatoms. The van der Waals surface area contributed by atoms with Gasteiger partial charge < -0.3 is 4.74 Å². The molecule has 0 atom stereocenters. The van der Waals surface area contributed by atoms with Crippen molar-refractivity contribution in [1.29, 1.82) is 0 Å². The summed E-state index contributed by atoms with van der Waals surface area (Å²) in [6.07, 6.45) is 1.61. The van der Waals surface area contributed by atoms with E-state index in [0.717, 1.165) is 10.4 Å². The first kappa shape index (κ1) is 17.3. The molecule has 1 saturated heterocycles. The van der Waals surface area contributed by atoms with Gasteiger partial charge in [-0.2, -0.15) is 0 Å². The first-order valence-corrected chi connectivity index (χ1v) is 8.98. The molecule has 1 aliphatic heterocycles.